The number of carbonyl (C=O) groups is 1. The average molecular weight is 260 g/mol. The van der Waals surface area contributed by atoms with Crippen LogP contribution in [-0.4, -0.2) is 27.3 Å². The molecule has 100 valence electrons. The third-order valence-electron chi connectivity index (χ3n) is 2.68. The van der Waals surface area contributed by atoms with E-state index in [-0.39, 0.29) is 17.2 Å². The summed E-state index contributed by atoms with van der Waals surface area (Å²) in [5.41, 5.74) is 7.32. The molecule has 6 heteroatoms. The van der Waals surface area contributed by atoms with Crippen molar-refractivity contribution < 1.29 is 9.90 Å². The van der Waals surface area contributed by atoms with Crippen molar-refractivity contribution in [3.8, 4) is 5.75 Å². The van der Waals surface area contributed by atoms with Crippen LogP contribution < -0.4 is 11.1 Å². The van der Waals surface area contributed by atoms with Gasteiger partial charge in [0.25, 0.3) is 5.91 Å². The summed E-state index contributed by atoms with van der Waals surface area (Å²) in [5.74, 6) is -0.326. The second-order valence-electron chi connectivity index (χ2n) is 4.31. The van der Waals surface area contributed by atoms with E-state index in [2.05, 4.69) is 10.4 Å². The minimum absolute atomic E-state index is 0.0218. The Kier molecular flexibility index (Phi) is 3.70. The molecule has 0 spiro atoms. The zero-order valence-electron chi connectivity index (χ0n) is 10.6. The lowest BCUT2D eigenvalue weighted by molar-refractivity contribution is 0.0949. The molecule has 2 rings (SSSR count). The van der Waals surface area contributed by atoms with Crippen LogP contribution in [0.1, 0.15) is 15.9 Å². The zero-order chi connectivity index (χ0) is 13.8. The molecule has 0 unspecified atom stereocenters. The number of nitrogens with one attached hydrogen (secondary N) is 1. The topological polar surface area (TPSA) is 93.2 Å². The Morgan fingerprint density at radius 3 is 3.00 bits per heavy atom. The number of amides is 1. The van der Waals surface area contributed by atoms with E-state index >= 15 is 0 Å². The molecule has 6 nitrogen and oxygen atoms in total. The first-order valence-corrected chi connectivity index (χ1v) is 5.92. The highest BCUT2D eigenvalue weighted by atomic mass is 16.3. The van der Waals surface area contributed by atoms with Gasteiger partial charge in [-0.15, -0.1) is 0 Å². The molecule has 0 saturated heterocycles. The predicted octanol–water partition coefficient (Wildman–Crippen LogP) is 0.909. The largest absolute Gasteiger partial charge is 0.507 e. The fourth-order valence-electron chi connectivity index (χ4n) is 1.71. The van der Waals surface area contributed by atoms with Crippen molar-refractivity contribution in [1.29, 1.82) is 0 Å². The summed E-state index contributed by atoms with van der Waals surface area (Å²) in [7, 11) is 0. The molecule has 0 bridgehead atoms. The van der Waals surface area contributed by atoms with Gasteiger partial charge in [0.1, 0.15) is 5.75 Å². The molecule has 4 N–H and O–H groups in total. The molecule has 1 heterocycles. The van der Waals surface area contributed by atoms with Crippen molar-refractivity contribution in [2.45, 2.75) is 13.5 Å². The maximum atomic E-state index is 11.9. The van der Waals surface area contributed by atoms with E-state index in [1.165, 1.54) is 6.07 Å². The Labute approximate surface area is 110 Å². The van der Waals surface area contributed by atoms with Gasteiger partial charge in [-0.25, -0.2) is 0 Å². The van der Waals surface area contributed by atoms with E-state index in [0.29, 0.717) is 18.8 Å². The summed E-state index contributed by atoms with van der Waals surface area (Å²) in [5, 5.41) is 16.4. The number of hydrogen-bond donors (Lipinski definition) is 3. The number of phenols is 1. The first-order chi connectivity index (χ1) is 9.06. The molecule has 1 aromatic carbocycles. The van der Waals surface area contributed by atoms with Crippen molar-refractivity contribution in [2.75, 3.05) is 12.3 Å². The SMILES string of the molecule is Cc1ccc(O)c(C(=O)NCCn2cc(N)cn2)c1. The highest BCUT2D eigenvalue weighted by Gasteiger charge is 2.10. The average Bonchev–Trinajstić information content (AvgIpc) is 2.78. The van der Waals surface area contributed by atoms with Gasteiger partial charge in [-0.2, -0.15) is 5.10 Å². The van der Waals surface area contributed by atoms with Gasteiger partial charge >= 0.3 is 0 Å². The number of carbonyl (C=O) groups excluding carboxylic acids is 1. The molecule has 2 aromatic rings. The summed E-state index contributed by atoms with van der Waals surface area (Å²) in [6, 6.07) is 4.91. The van der Waals surface area contributed by atoms with Crippen LogP contribution in [-0.2, 0) is 6.54 Å². The lowest BCUT2D eigenvalue weighted by atomic mass is 10.1. The van der Waals surface area contributed by atoms with E-state index in [1.54, 1.807) is 29.2 Å². The lowest BCUT2D eigenvalue weighted by Crippen LogP contribution is -2.27. The Balaban J connectivity index is 1.92. The van der Waals surface area contributed by atoms with Gasteiger partial charge in [0, 0.05) is 12.7 Å². The number of benzene rings is 1. The fourth-order valence-corrected chi connectivity index (χ4v) is 1.71. The fraction of sp³-hybridized carbons (Fsp3) is 0.231. The highest BCUT2D eigenvalue weighted by Crippen LogP contribution is 2.17. The van der Waals surface area contributed by atoms with E-state index < -0.39 is 0 Å². The van der Waals surface area contributed by atoms with Crippen LogP contribution in [0.2, 0.25) is 0 Å². The Hall–Kier alpha value is -2.50. The number of hydrogen-bond acceptors (Lipinski definition) is 4. The number of anilines is 1. The first kappa shape index (κ1) is 12.9. The van der Waals surface area contributed by atoms with Crippen LogP contribution >= 0.6 is 0 Å². The second-order valence-corrected chi connectivity index (χ2v) is 4.31. The molecule has 1 aromatic heterocycles. The number of rotatable bonds is 4. The molecule has 0 fully saturated rings. The summed E-state index contributed by atoms with van der Waals surface area (Å²) >= 11 is 0. The predicted molar refractivity (Wildman–Crippen MR) is 71.8 cm³/mol. The van der Waals surface area contributed by atoms with Gasteiger partial charge in [-0.3, -0.25) is 9.48 Å². The maximum Gasteiger partial charge on any atom is 0.255 e. The maximum absolute atomic E-state index is 11.9. The van der Waals surface area contributed by atoms with Crippen LogP contribution in [0.25, 0.3) is 0 Å². The summed E-state index contributed by atoms with van der Waals surface area (Å²) in [6.07, 6.45) is 3.24. The minimum Gasteiger partial charge on any atom is -0.507 e. The van der Waals surface area contributed by atoms with Gasteiger partial charge in [0.2, 0.25) is 0 Å². The van der Waals surface area contributed by atoms with E-state index in [1.807, 2.05) is 6.92 Å². The third kappa shape index (κ3) is 3.25. The molecular formula is C13H16N4O2. The number of nitrogens with zero attached hydrogens (tertiary/aromatic N) is 2. The molecule has 0 radical (unpaired) electrons. The van der Waals surface area contributed by atoms with Gasteiger partial charge in [-0.05, 0) is 19.1 Å². The number of phenolic OH excluding ortho intramolecular Hbond substituents is 1. The molecule has 0 aliphatic heterocycles. The highest BCUT2D eigenvalue weighted by molar-refractivity contribution is 5.96. The van der Waals surface area contributed by atoms with Crippen LogP contribution in [0.5, 0.6) is 5.75 Å². The Bertz CT molecular complexity index is 592. The van der Waals surface area contributed by atoms with Crippen molar-refractivity contribution in [1.82, 2.24) is 15.1 Å². The van der Waals surface area contributed by atoms with E-state index in [0.717, 1.165) is 5.56 Å². The second kappa shape index (κ2) is 5.43. The number of aromatic hydroxyl groups is 1. The van der Waals surface area contributed by atoms with Crippen LogP contribution in [0.15, 0.2) is 30.6 Å². The zero-order valence-corrected chi connectivity index (χ0v) is 10.6. The van der Waals surface area contributed by atoms with Crippen LogP contribution in [0.3, 0.4) is 0 Å². The van der Waals surface area contributed by atoms with Gasteiger partial charge in [-0.1, -0.05) is 11.6 Å². The van der Waals surface area contributed by atoms with Crippen LogP contribution in [0.4, 0.5) is 5.69 Å². The number of nitrogens with two attached hydrogens (primary N) is 1. The molecular weight excluding hydrogens is 244 g/mol. The molecule has 0 aliphatic rings. The normalized spacial score (nSPS) is 10.4. The minimum atomic E-state index is -0.304. The smallest absolute Gasteiger partial charge is 0.255 e. The quantitative estimate of drug-likeness (QED) is 0.761. The van der Waals surface area contributed by atoms with Crippen molar-refractivity contribution in [3.05, 3.63) is 41.7 Å². The van der Waals surface area contributed by atoms with Crippen molar-refractivity contribution in [3.63, 3.8) is 0 Å². The summed E-state index contributed by atoms with van der Waals surface area (Å²) in [6.45, 7) is 2.80. The molecule has 19 heavy (non-hydrogen) atoms. The van der Waals surface area contributed by atoms with Gasteiger partial charge < -0.3 is 16.2 Å². The molecule has 0 saturated carbocycles. The number of nitrogen functional groups attached to an aromatic ring is 1. The third-order valence-corrected chi connectivity index (χ3v) is 2.68. The van der Waals surface area contributed by atoms with Gasteiger partial charge in [0.15, 0.2) is 0 Å². The first-order valence-electron chi connectivity index (χ1n) is 5.92. The van der Waals surface area contributed by atoms with E-state index in [4.69, 9.17) is 5.73 Å². The standard InChI is InChI=1S/C13H16N4O2/c1-9-2-3-12(18)11(6-9)13(19)15-4-5-17-8-10(14)7-16-17/h2-3,6-8,18H,4-5,14H2,1H3,(H,15,19). The summed E-state index contributed by atoms with van der Waals surface area (Å²) < 4.78 is 1.64. The lowest BCUT2D eigenvalue weighted by Gasteiger charge is -2.07. The van der Waals surface area contributed by atoms with Crippen molar-refractivity contribution >= 4 is 11.6 Å². The number of aromatic nitrogens is 2. The summed E-state index contributed by atoms with van der Waals surface area (Å²) in [4.78, 5) is 11.9. The molecule has 1 amide bonds. The molecule has 0 atom stereocenters. The van der Waals surface area contributed by atoms with E-state index in [9.17, 15) is 9.90 Å². The van der Waals surface area contributed by atoms with Crippen molar-refractivity contribution in [2.24, 2.45) is 0 Å². The van der Waals surface area contributed by atoms with Gasteiger partial charge in [0.05, 0.1) is 24.0 Å². The Morgan fingerprint density at radius 2 is 2.32 bits per heavy atom. The Morgan fingerprint density at radius 1 is 1.53 bits per heavy atom. The monoisotopic (exact) mass is 260 g/mol. The van der Waals surface area contributed by atoms with Crippen LogP contribution in [0, 0.1) is 6.92 Å². The number of aryl methyl sites for hydroxylation is 1. The molecule has 0 aliphatic carbocycles.